The Bertz CT molecular complexity index is 2390. The summed E-state index contributed by atoms with van der Waals surface area (Å²) in [5.74, 6) is 0.887. The number of rotatable bonds is 5. The summed E-state index contributed by atoms with van der Waals surface area (Å²) in [4.78, 5) is 10.3. The molecule has 0 aliphatic rings. The van der Waals surface area contributed by atoms with Gasteiger partial charge in [0.05, 0.1) is 22.3 Å². The van der Waals surface area contributed by atoms with Crippen molar-refractivity contribution < 1.29 is 26.2 Å². The van der Waals surface area contributed by atoms with Gasteiger partial charge in [-0.1, -0.05) is 158 Å². The molecule has 2 aromatic heterocycles. The minimum absolute atomic E-state index is 0. The monoisotopic (exact) mass is 877 g/mol. The van der Waals surface area contributed by atoms with Crippen LogP contribution in [0, 0.1) is 6.07 Å². The molecule has 7 aromatic rings. The second-order valence-electron chi connectivity index (χ2n) is 16.9. The summed E-state index contributed by atoms with van der Waals surface area (Å²) in [5.41, 5.74) is 12.8. The molecule has 53 heavy (non-hydrogen) atoms. The first-order valence-corrected chi connectivity index (χ1v) is 18.2. The Balaban J connectivity index is 0.00000481. The number of phenolic OH excluding ortho intramolecular Hbond substituents is 1. The number of phenols is 1. The number of imidazole rings is 1. The molecule has 5 heteroatoms. The van der Waals surface area contributed by atoms with Crippen molar-refractivity contribution in [2.45, 2.75) is 78.6 Å². The van der Waals surface area contributed by atoms with E-state index in [9.17, 15) is 5.11 Å². The molecular formula is C48H48N3OPt-. The van der Waals surface area contributed by atoms with E-state index in [4.69, 9.17) is 9.97 Å². The van der Waals surface area contributed by atoms with Crippen LogP contribution in [-0.4, -0.2) is 19.6 Å². The van der Waals surface area contributed by atoms with Gasteiger partial charge < -0.3 is 5.11 Å². The third kappa shape index (κ3) is 7.40. The normalized spacial score (nSPS) is 12.2. The summed E-state index contributed by atoms with van der Waals surface area (Å²) in [6.07, 6.45) is 1.90. The van der Waals surface area contributed by atoms with Gasteiger partial charge in [0.15, 0.2) is 0 Å². The van der Waals surface area contributed by atoms with Crippen molar-refractivity contribution in [2.24, 2.45) is 0 Å². The topological polar surface area (TPSA) is 50.9 Å². The molecule has 2 heterocycles. The number of fused-ring (bicyclic) bond motifs is 1. The minimum Gasteiger partial charge on any atom is -0.507 e. The van der Waals surface area contributed by atoms with Crippen molar-refractivity contribution in [1.29, 1.82) is 0 Å². The molecule has 0 bridgehead atoms. The second-order valence-corrected chi connectivity index (χ2v) is 16.9. The molecular weight excluding hydrogens is 830 g/mol. The zero-order valence-electron chi connectivity index (χ0n) is 32.2. The first-order valence-electron chi connectivity index (χ1n) is 18.2. The van der Waals surface area contributed by atoms with Crippen LogP contribution >= 0.6 is 0 Å². The van der Waals surface area contributed by atoms with Gasteiger partial charge in [-0.15, -0.1) is 23.8 Å². The number of aromatic hydroxyl groups is 1. The van der Waals surface area contributed by atoms with Gasteiger partial charge in [-0.3, -0.25) is 9.55 Å². The SMILES string of the molecule is CC(C)(C)c1ccnc(-c2[c-]c(-c3cccc4c3nc(-c3ccccc3O)n4-c3c(C(C)(C)C)cccc3C(C)(C)C)cc(-c3ccccc3)c2)c1.[Pt]. The molecule has 272 valence electrons. The van der Waals surface area contributed by atoms with Crippen LogP contribution < -0.4 is 0 Å². The van der Waals surface area contributed by atoms with Crippen LogP contribution in [0.15, 0.2) is 121 Å². The number of aromatic nitrogens is 3. The maximum absolute atomic E-state index is 11.3. The molecule has 0 saturated heterocycles. The maximum Gasteiger partial charge on any atom is 0.148 e. The molecule has 0 aliphatic carbocycles. The summed E-state index contributed by atoms with van der Waals surface area (Å²) < 4.78 is 2.28. The van der Waals surface area contributed by atoms with Crippen molar-refractivity contribution in [1.82, 2.24) is 14.5 Å². The Morgan fingerprint density at radius 3 is 1.83 bits per heavy atom. The van der Waals surface area contributed by atoms with Gasteiger partial charge in [0.2, 0.25) is 0 Å². The third-order valence-electron chi connectivity index (χ3n) is 9.87. The van der Waals surface area contributed by atoms with Crippen molar-refractivity contribution in [3.8, 4) is 56.3 Å². The van der Waals surface area contributed by atoms with E-state index >= 15 is 0 Å². The van der Waals surface area contributed by atoms with Crippen molar-refractivity contribution >= 4 is 11.0 Å². The first-order chi connectivity index (χ1) is 24.6. The summed E-state index contributed by atoms with van der Waals surface area (Å²) in [6.45, 7) is 20.2. The molecule has 0 amide bonds. The number of hydrogen-bond acceptors (Lipinski definition) is 3. The van der Waals surface area contributed by atoms with Crippen LogP contribution in [0.25, 0.3) is 61.6 Å². The van der Waals surface area contributed by atoms with Gasteiger partial charge in [-0.2, -0.15) is 0 Å². The van der Waals surface area contributed by atoms with Crippen LogP contribution in [0.5, 0.6) is 5.75 Å². The largest absolute Gasteiger partial charge is 0.507 e. The molecule has 0 radical (unpaired) electrons. The van der Waals surface area contributed by atoms with Crippen LogP contribution in [0.1, 0.15) is 79.0 Å². The molecule has 0 saturated carbocycles. The second kappa shape index (κ2) is 14.2. The number of benzene rings is 5. The molecule has 7 rings (SSSR count). The Morgan fingerprint density at radius 2 is 1.19 bits per heavy atom. The molecule has 5 aromatic carbocycles. The van der Waals surface area contributed by atoms with E-state index in [2.05, 4.69) is 158 Å². The summed E-state index contributed by atoms with van der Waals surface area (Å²) in [6, 6.07) is 43.5. The average molecular weight is 878 g/mol. The average Bonchev–Trinajstić information content (AvgIpc) is 3.50. The smallest absolute Gasteiger partial charge is 0.148 e. The molecule has 0 fully saturated rings. The molecule has 0 unspecified atom stereocenters. The molecule has 0 spiro atoms. The van der Waals surface area contributed by atoms with Gasteiger partial charge >= 0.3 is 0 Å². The van der Waals surface area contributed by atoms with Gasteiger partial charge in [-0.25, -0.2) is 4.98 Å². The quantitative estimate of drug-likeness (QED) is 0.175. The number of hydrogen-bond donors (Lipinski definition) is 1. The number of nitrogens with zero attached hydrogens (tertiary/aromatic N) is 3. The Morgan fingerprint density at radius 1 is 0.585 bits per heavy atom. The van der Waals surface area contributed by atoms with Crippen LogP contribution in [0.4, 0.5) is 0 Å². The third-order valence-corrected chi connectivity index (χ3v) is 9.87. The van der Waals surface area contributed by atoms with Gasteiger partial charge in [0.25, 0.3) is 0 Å². The summed E-state index contributed by atoms with van der Waals surface area (Å²) in [5, 5.41) is 11.3. The van der Waals surface area contributed by atoms with E-state index in [0.29, 0.717) is 11.4 Å². The Labute approximate surface area is 329 Å². The fourth-order valence-electron chi connectivity index (χ4n) is 7.08. The maximum atomic E-state index is 11.3. The summed E-state index contributed by atoms with van der Waals surface area (Å²) >= 11 is 0. The Kier molecular flexibility index (Phi) is 10.2. The molecule has 1 N–H and O–H groups in total. The van der Waals surface area contributed by atoms with E-state index in [-0.39, 0.29) is 43.1 Å². The van der Waals surface area contributed by atoms with Crippen molar-refractivity contribution in [3.05, 3.63) is 144 Å². The predicted molar refractivity (Wildman–Crippen MR) is 217 cm³/mol. The standard InChI is InChI=1S/C48H48N3O.Pt/c1-46(2,3)35-25-26-49-40(30-35)34-28-32(31-17-11-10-12-18-31)27-33(29-34)36-20-15-23-41-43(36)50-45(37-19-13-14-24-42(37)52)51(41)44-38(47(4,5)6)21-16-22-39(44)48(7,8)9;/h10-28,30,52H,1-9H3;/q-1;. The van der Waals surface area contributed by atoms with Gasteiger partial charge in [0, 0.05) is 33.0 Å². The predicted octanol–water partition coefficient (Wildman–Crippen LogP) is 12.5. The fraction of sp³-hybridized carbons (Fsp3) is 0.250. The molecule has 0 atom stereocenters. The van der Waals surface area contributed by atoms with Crippen molar-refractivity contribution in [2.75, 3.05) is 0 Å². The van der Waals surface area contributed by atoms with E-state index in [1.54, 1.807) is 6.07 Å². The van der Waals surface area contributed by atoms with E-state index in [0.717, 1.165) is 50.2 Å². The van der Waals surface area contributed by atoms with Gasteiger partial charge in [-0.05, 0) is 62.8 Å². The number of para-hydroxylation sites is 3. The van der Waals surface area contributed by atoms with Gasteiger partial charge in [0.1, 0.15) is 11.6 Å². The molecule has 0 aliphatic heterocycles. The summed E-state index contributed by atoms with van der Waals surface area (Å²) in [7, 11) is 0. The Hall–Kier alpha value is -4.79. The zero-order valence-corrected chi connectivity index (χ0v) is 34.4. The van der Waals surface area contributed by atoms with Crippen LogP contribution in [0.2, 0.25) is 0 Å². The molecule has 4 nitrogen and oxygen atoms in total. The van der Waals surface area contributed by atoms with E-state index < -0.39 is 0 Å². The fourth-order valence-corrected chi connectivity index (χ4v) is 7.08. The van der Waals surface area contributed by atoms with E-state index in [1.165, 1.54) is 16.7 Å². The van der Waals surface area contributed by atoms with Crippen molar-refractivity contribution in [3.63, 3.8) is 0 Å². The van der Waals surface area contributed by atoms with Crippen LogP contribution in [0.3, 0.4) is 0 Å². The zero-order chi connectivity index (χ0) is 37.0. The van der Waals surface area contributed by atoms with E-state index in [1.807, 2.05) is 30.5 Å². The first kappa shape index (κ1) is 37.9. The number of pyridine rings is 1. The van der Waals surface area contributed by atoms with Crippen LogP contribution in [-0.2, 0) is 37.3 Å². The minimum atomic E-state index is -0.165.